The minimum Gasteiger partial charge on any atom is -0.457 e. The van der Waals surface area contributed by atoms with E-state index >= 15 is 0 Å². The maximum atomic E-state index is 13.1. The summed E-state index contributed by atoms with van der Waals surface area (Å²) in [6, 6.07) is 13.8. The topological polar surface area (TPSA) is 97.7 Å². The molecule has 0 aliphatic carbocycles. The van der Waals surface area contributed by atoms with Crippen LogP contribution in [0.4, 0.5) is 24.5 Å². The van der Waals surface area contributed by atoms with Crippen molar-refractivity contribution in [2.75, 3.05) is 0 Å². The molecule has 1 amide bonds. The van der Waals surface area contributed by atoms with Gasteiger partial charge in [0.15, 0.2) is 5.17 Å². The summed E-state index contributed by atoms with van der Waals surface area (Å²) in [6.07, 6.45) is -3.14. The average molecular weight is 459 g/mol. The van der Waals surface area contributed by atoms with Crippen molar-refractivity contribution in [1.82, 2.24) is 5.32 Å². The highest BCUT2D eigenvalue weighted by Crippen LogP contribution is 2.37. The molecule has 1 aliphatic rings. The molecule has 1 aliphatic heterocycles. The highest BCUT2D eigenvalue weighted by Gasteiger charge is 2.34. The van der Waals surface area contributed by atoms with Crippen LogP contribution in [0, 0.1) is 10.1 Å². The van der Waals surface area contributed by atoms with Crippen LogP contribution in [0.1, 0.15) is 11.3 Å². The number of hydrogen-bond donors (Lipinski definition) is 1. The number of benzene rings is 2. The van der Waals surface area contributed by atoms with Crippen LogP contribution in [-0.2, 0) is 11.0 Å². The average Bonchev–Trinajstić information content (AvgIpc) is 3.34. The normalized spacial score (nSPS) is 16.5. The number of amidine groups is 1. The summed E-state index contributed by atoms with van der Waals surface area (Å²) in [5.41, 5.74) is -0.656. The van der Waals surface area contributed by atoms with Gasteiger partial charge in [-0.05, 0) is 48.2 Å². The fourth-order valence-corrected chi connectivity index (χ4v) is 3.68. The van der Waals surface area contributed by atoms with Crippen molar-refractivity contribution in [3.8, 4) is 11.3 Å². The molecule has 1 fully saturated rings. The van der Waals surface area contributed by atoms with Crippen LogP contribution >= 0.6 is 11.8 Å². The zero-order chi connectivity index (χ0) is 22.9. The minimum absolute atomic E-state index is 0.0140. The highest BCUT2D eigenvalue weighted by molar-refractivity contribution is 8.18. The molecule has 3 aromatic rings. The van der Waals surface area contributed by atoms with Crippen LogP contribution in [0.15, 0.2) is 75.0 Å². The van der Waals surface area contributed by atoms with Crippen LogP contribution in [0.2, 0.25) is 0 Å². The number of amides is 1. The lowest BCUT2D eigenvalue weighted by atomic mass is 10.1. The summed E-state index contributed by atoms with van der Waals surface area (Å²) in [4.78, 5) is 26.6. The quantitative estimate of drug-likeness (QED) is 0.304. The van der Waals surface area contributed by atoms with E-state index in [4.69, 9.17) is 4.42 Å². The first-order valence-corrected chi connectivity index (χ1v) is 9.83. The second-order valence-electron chi connectivity index (χ2n) is 6.50. The van der Waals surface area contributed by atoms with Crippen molar-refractivity contribution in [3.63, 3.8) is 0 Å². The number of non-ortho nitro benzene ring substituents is 1. The lowest BCUT2D eigenvalue weighted by Gasteiger charge is -2.09. The Morgan fingerprint density at radius 3 is 2.47 bits per heavy atom. The number of nitrogens with zero attached hydrogens (tertiary/aromatic N) is 2. The van der Waals surface area contributed by atoms with E-state index in [0.717, 1.165) is 17.8 Å². The maximum Gasteiger partial charge on any atom is 0.418 e. The van der Waals surface area contributed by atoms with Gasteiger partial charge in [0.1, 0.15) is 11.5 Å². The molecule has 0 bridgehead atoms. The van der Waals surface area contributed by atoms with Crippen molar-refractivity contribution < 1.29 is 27.3 Å². The second-order valence-corrected chi connectivity index (χ2v) is 7.53. The third kappa shape index (κ3) is 4.57. The Kier molecular flexibility index (Phi) is 5.57. The largest absolute Gasteiger partial charge is 0.457 e. The molecule has 1 N–H and O–H groups in total. The minimum atomic E-state index is -4.57. The van der Waals surface area contributed by atoms with Crippen molar-refractivity contribution in [3.05, 3.63) is 87.0 Å². The lowest BCUT2D eigenvalue weighted by Crippen LogP contribution is -2.19. The molecule has 2 heterocycles. The Hall–Kier alpha value is -3.86. The first kappa shape index (κ1) is 21.4. The van der Waals surface area contributed by atoms with E-state index in [0.29, 0.717) is 17.1 Å². The number of hydrogen-bond acceptors (Lipinski definition) is 6. The summed E-state index contributed by atoms with van der Waals surface area (Å²) in [7, 11) is 0. The van der Waals surface area contributed by atoms with Crippen molar-refractivity contribution in [2.24, 2.45) is 4.99 Å². The second kappa shape index (κ2) is 8.35. The number of carbonyl (C=O) groups is 1. The van der Waals surface area contributed by atoms with Crippen LogP contribution in [0.5, 0.6) is 0 Å². The molecule has 7 nitrogen and oxygen atoms in total. The van der Waals surface area contributed by atoms with Gasteiger partial charge in [-0.15, -0.1) is 0 Å². The van der Waals surface area contributed by atoms with Gasteiger partial charge < -0.3 is 9.73 Å². The Morgan fingerprint density at radius 2 is 1.78 bits per heavy atom. The van der Waals surface area contributed by atoms with E-state index in [2.05, 4.69) is 10.3 Å². The van der Waals surface area contributed by atoms with Crippen molar-refractivity contribution in [2.45, 2.75) is 6.18 Å². The SMILES string of the molecule is O=C1NC(=Nc2ccccc2C(F)(F)F)S/C1=C/c1ccc(-c2ccc([N+](=O)[O-])cc2)o1. The Morgan fingerprint density at radius 1 is 1.06 bits per heavy atom. The number of para-hydroxylation sites is 1. The standard InChI is InChI=1S/C21H12F3N3O4S/c22-21(23,24)15-3-1-2-4-16(15)25-20-26-19(28)18(32-20)11-14-9-10-17(31-14)12-5-7-13(8-6-12)27(29)30/h1-11H,(H,25,26,28)/b18-11+. The van der Waals surface area contributed by atoms with Gasteiger partial charge in [0.05, 0.1) is 21.1 Å². The number of thioether (sulfide) groups is 1. The van der Waals surface area contributed by atoms with Gasteiger partial charge in [-0.25, -0.2) is 4.99 Å². The maximum absolute atomic E-state index is 13.1. The van der Waals surface area contributed by atoms with Gasteiger partial charge in [0.2, 0.25) is 0 Å². The first-order chi connectivity index (χ1) is 15.2. The molecule has 11 heteroatoms. The van der Waals surface area contributed by atoms with Crippen molar-refractivity contribution >= 4 is 40.3 Å². The molecule has 0 atom stereocenters. The Labute approximate surface area is 182 Å². The van der Waals surface area contributed by atoms with Crippen LogP contribution in [0.3, 0.4) is 0 Å². The van der Waals surface area contributed by atoms with E-state index in [-0.39, 0.29) is 21.4 Å². The number of alkyl halides is 3. The van der Waals surface area contributed by atoms with Gasteiger partial charge in [0, 0.05) is 23.8 Å². The summed E-state index contributed by atoms with van der Waals surface area (Å²) < 4.78 is 45.1. The third-order valence-corrected chi connectivity index (χ3v) is 5.25. The molecular weight excluding hydrogens is 447 g/mol. The number of furan rings is 1. The zero-order valence-electron chi connectivity index (χ0n) is 15.9. The van der Waals surface area contributed by atoms with Gasteiger partial charge in [-0.3, -0.25) is 14.9 Å². The van der Waals surface area contributed by atoms with Crippen LogP contribution in [0.25, 0.3) is 17.4 Å². The first-order valence-electron chi connectivity index (χ1n) is 9.01. The van der Waals surface area contributed by atoms with E-state index < -0.39 is 22.6 Å². The molecule has 1 aromatic heterocycles. The highest BCUT2D eigenvalue weighted by atomic mass is 32.2. The summed E-state index contributed by atoms with van der Waals surface area (Å²) in [6.45, 7) is 0. The molecular formula is C21H12F3N3O4S. The Bertz CT molecular complexity index is 1260. The summed E-state index contributed by atoms with van der Waals surface area (Å²) in [5.74, 6) is 0.239. The molecule has 4 rings (SSSR count). The number of nitro benzene ring substituents is 1. The van der Waals surface area contributed by atoms with E-state index in [1.165, 1.54) is 48.5 Å². The molecule has 0 unspecified atom stereocenters. The lowest BCUT2D eigenvalue weighted by molar-refractivity contribution is -0.384. The van der Waals surface area contributed by atoms with Crippen molar-refractivity contribution in [1.29, 1.82) is 0 Å². The summed E-state index contributed by atoms with van der Waals surface area (Å²) >= 11 is 0.886. The predicted molar refractivity (Wildman–Crippen MR) is 113 cm³/mol. The fourth-order valence-electron chi connectivity index (χ4n) is 2.86. The van der Waals surface area contributed by atoms with Gasteiger partial charge >= 0.3 is 6.18 Å². The van der Waals surface area contributed by atoms with Crippen LogP contribution in [-0.4, -0.2) is 16.0 Å². The van der Waals surface area contributed by atoms with Crippen LogP contribution < -0.4 is 5.32 Å². The number of nitrogens with one attached hydrogen (secondary N) is 1. The summed E-state index contributed by atoms with van der Waals surface area (Å²) in [5, 5.41) is 13.2. The monoisotopic (exact) mass is 459 g/mol. The molecule has 0 radical (unpaired) electrons. The number of carbonyl (C=O) groups excluding carboxylic acids is 1. The number of nitro groups is 1. The van der Waals surface area contributed by atoms with Gasteiger partial charge in [0.25, 0.3) is 11.6 Å². The van der Waals surface area contributed by atoms with E-state index in [1.807, 2.05) is 0 Å². The number of aliphatic imine (C=N–C) groups is 1. The molecule has 0 saturated carbocycles. The Balaban J connectivity index is 1.55. The molecule has 1 saturated heterocycles. The molecule has 0 spiro atoms. The van der Waals surface area contributed by atoms with E-state index in [9.17, 15) is 28.1 Å². The number of halogens is 3. The number of rotatable bonds is 4. The van der Waals surface area contributed by atoms with E-state index in [1.54, 1.807) is 12.1 Å². The molecule has 2 aromatic carbocycles. The molecule has 32 heavy (non-hydrogen) atoms. The van der Waals surface area contributed by atoms with Gasteiger partial charge in [-0.2, -0.15) is 13.2 Å². The zero-order valence-corrected chi connectivity index (χ0v) is 16.7. The predicted octanol–water partition coefficient (Wildman–Crippen LogP) is 5.77. The van der Waals surface area contributed by atoms with Gasteiger partial charge in [-0.1, -0.05) is 12.1 Å². The molecule has 162 valence electrons. The smallest absolute Gasteiger partial charge is 0.418 e. The third-order valence-electron chi connectivity index (χ3n) is 4.35. The fraction of sp³-hybridized carbons (Fsp3) is 0.0476.